The van der Waals surface area contributed by atoms with Crippen LogP contribution in [0, 0.1) is 6.92 Å². The second kappa shape index (κ2) is 11.0. The lowest BCUT2D eigenvalue weighted by Gasteiger charge is -2.23. The van der Waals surface area contributed by atoms with Crippen LogP contribution in [0.4, 0.5) is 11.5 Å². The molecule has 1 atom stereocenters. The molecule has 4 heterocycles. The third-order valence-electron chi connectivity index (χ3n) is 5.30. The van der Waals surface area contributed by atoms with Crippen molar-refractivity contribution in [2.24, 2.45) is 0 Å². The minimum atomic E-state index is -0.866. The summed E-state index contributed by atoms with van der Waals surface area (Å²) in [5.74, 6) is 1.51. The highest BCUT2D eigenvalue weighted by atomic mass is 32.2. The van der Waals surface area contributed by atoms with Crippen molar-refractivity contribution in [2.45, 2.75) is 32.3 Å². The average Bonchev–Trinajstić information content (AvgIpc) is 3.16. The quantitative estimate of drug-likeness (QED) is 0.440. The highest BCUT2D eigenvalue weighted by molar-refractivity contribution is 7.84. The highest BCUT2D eigenvalue weighted by Gasteiger charge is 2.21. The molecule has 0 radical (unpaired) electrons. The number of carbonyl (C=O) groups excluding carboxylic acids is 1. The van der Waals surface area contributed by atoms with Gasteiger partial charge in [0.1, 0.15) is 28.8 Å². The van der Waals surface area contributed by atoms with E-state index in [4.69, 9.17) is 9.47 Å². The predicted molar refractivity (Wildman–Crippen MR) is 130 cm³/mol. The summed E-state index contributed by atoms with van der Waals surface area (Å²) in [5.41, 5.74) is 1.51. The minimum Gasteiger partial charge on any atom is -0.473 e. The van der Waals surface area contributed by atoms with Crippen molar-refractivity contribution in [1.82, 2.24) is 20.3 Å². The van der Waals surface area contributed by atoms with Gasteiger partial charge in [-0.1, -0.05) is 0 Å². The second-order valence-electron chi connectivity index (χ2n) is 7.76. The Hall–Kier alpha value is -2.63. The van der Waals surface area contributed by atoms with E-state index in [1.165, 1.54) is 17.7 Å². The molecule has 0 saturated carbocycles. The summed E-state index contributed by atoms with van der Waals surface area (Å²) < 4.78 is 22.8. The molecule has 1 fully saturated rings. The van der Waals surface area contributed by atoms with Crippen molar-refractivity contribution in [3.05, 3.63) is 35.1 Å². The number of nitrogens with one attached hydrogen (secondary N) is 2. The number of hydrogen-bond acceptors (Lipinski definition) is 9. The molecule has 2 N–H and O–H groups in total. The highest BCUT2D eigenvalue weighted by Crippen LogP contribution is 2.36. The molecule has 176 valence electrons. The Labute approximate surface area is 198 Å². The molecule has 0 aliphatic carbocycles. The first-order chi connectivity index (χ1) is 16.0. The smallest absolute Gasteiger partial charge is 0.261 e. The molecule has 33 heavy (non-hydrogen) atoms. The molecule has 3 aromatic heterocycles. The van der Waals surface area contributed by atoms with E-state index < -0.39 is 10.8 Å². The lowest BCUT2D eigenvalue weighted by atomic mass is 10.1. The molecule has 11 heteroatoms. The van der Waals surface area contributed by atoms with E-state index in [0.717, 1.165) is 28.6 Å². The zero-order chi connectivity index (χ0) is 23.2. The molecule has 0 spiro atoms. The molecule has 1 aliphatic heterocycles. The number of carbonyl (C=O) groups is 1. The predicted octanol–water partition coefficient (Wildman–Crippen LogP) is 3.19. The van der Waals surface area contributed by atoms with Crippen LogP contribution in [0.2, 0.25) is 0 Å². The van der Waals surface area contributed by atoms with Gasteiger partial charge in [0, 0.05) is 48.4 Å². The van der Waals surface area contributed by atoms with E-state index in [0.29, 0.717) is 54.2 Å². The zero-order valence-corrected chi connectivity index (χ0v) is 20.3. The summed E-state index contributed by atoms with van der Waals surface area (Å²) in [4.78, 5) is 27.3. The van der Waals surface area contributed by atoms with Crippen LogP contribution in [-0.2, 0) is 15.5 Å². The lowest BCUT2D eigenvalue weighted by Crippen LogP contribution is -2.26. The van der Waals surface area contributed by atoms with Gasteiger partial charge in [0.15, 0.2) is 0 Å². The van der Waals surface area contributed by atoms with E-state index >= 15 is 0 Å². The molecule has 0 aromatic carbocycles. The van der Waals surface area contributed by atoms with Gasteiger partial charge in [-0.3, -0.25) is 9.00 Å². The van der Waals surface area contributed by atoms with Crippen LogP contribution in [0.5, 0.6) is 5.88 Å². The van der Waals surface area contributed by atoms with Crippen molar-refractivity contribution in [3.8, 4) is 5.88 Å². The number of rotatable bonds is 9. The Kier molecular flexibility index (Phi) is 7.84. The van der Waals surface area contributed by atoms with Crippen LogP contribution >= 0.6 is 11.3 Å². The monoisotopic (exact) mass is 489 g/mol. The largest absolute Gasteiger partial charge is 0.473 e. The molecular weight excluding hydrogens is 462 g/mol. The summed E-state index contributed by atoms with van der Waals surface area (Å²) >= 11 is 1.33. The summed E-state index contributed by atoms with van der Waals surface area (Å²) in [6.45, 7) is 3.74. The van der Waals surface area contributed by atoms with Crippen LogP contribution in [0.25, 0.3) is 10.2 Å². The van der Waals surface area contributed by atoms with E-state index in [1.54, 1.807) is 12.5 Å². The van der Waals surface area contributed by atoms with Crippen LogP contribution in [0.1, 0.15) is 34.5 Å². The zero-order valence-electron chi connectivity index (χ0n) is 18.6. The van der Waals surface area contributed by atoms with Gasteiger partial charge in [-0.25, -0.2) is 15.0 Å². The number of thiophene rings is 1. The van der Waals surface area contributed by atoms with Gasteiger partial charge in [0.2, 0.25) is 5.88 Å². The fraction of sp³-hybridized carbons (Fsp3) is 0.455. The van der Waals surface area contributed by atoms with Crippen molar-refractivity contribution in [1.29, 1.82) is 0 Å². The maximum Gasteiger partial charge on any atom is 0.261 e. The fourth-order valence-electron chi connectivity index (χ4n) is 3.60. The van der Waals surface area contributed by atoms with Crippen LogP contribution in [-0.4, -0.2) is 62.9 Å². The number of aromatic nitrogens is 3. The fourth-order valence-corrected chi connectivity index (χ4v) is 5.22. The number of fused-ring (bicyclic) bond motifs is 1. The average molecular weight is 490 g/mol. The second-order valence-corrected chi connectivity index (χ2v) is 10.3. The first kappa shape index (κ1) is 23.5. The Morgan fingerprint density at radius 2 is 2.12 bits per heavy atom. The van der Waals surface area contributed by atoms with E-state index in [-0.39, 0.29) is 12.0 Å². The first-order valence-corrected chi connectivity index (χ1v) is 13.4. The summed E-state index contributed by atoms with van der Waals surface area (Å²) in [6.07, 6.45) is 7.21. The topological polar surface area (TPSA) is 115 Å². The summed E-state index contributed by atoms with van der Waals surface area (Å²) in [6, 6.07) is 3.73. The van der Waals surface area contributed by atoms with Gasteiger partial charge >= 0.3 is 0 Å². The van der Waals surface area contributed by atoms with Crippen molar-refractivity contribution in [3.63, 3.8) is 0 Å². The van der Waals surface area contributed by atoms with Crippen LogP contribution in [0.3, 0.4) is 0 Å². The number of amides is 1. The number of ether oxygens (including phenoxy) is 2. The van der Waals surface area contributed by atoms with Crippen LogP contribution < -0.4 is 15.4 Å². The first-order valence-electron chi connectivity index (χ1n) is 10.8. The molecule has 1 amide bonds. The Bertz CT molecular complexity index is 1150. The number of hydrogen-bond donors (Lipinski definition) is 2. The minimum absolute atomic E-state index is 0.0583. The third-order valence-corrected chi connectivity index (χ3v) is 7.36. The SMILES string of the molecule is Cc1c(C(=O)NCCCS(C)=O)sc2ncnc(Nc3cccnc3OC3CCOCC3)c12. The molecule has 3 aromatic rings. The van der Waals surface area contributed by atoms with Gasteiger partial charge in [-0.2, -0.15) is 0 Å². The van der Waals surface area contributed by atoms with E-state index in [9.17, 15) is 9.00 Å². The molecule has 1 unspecified atom stereocenters. The molecule has 9 nitrogen and oxygen atoms in total. The van der Waals surface area contributed by atoms with E-state index in [2.05, 4.69) is 25.6 Å². The lowest BCUT2D eigenvalue weighted by molar-refractivity contribution is 0.0240. The van der Waals surface area contributed by atoms with Crippen LogP contribution in [0.15, 0.2) is 24.7 Å². The molecule has 1 saturated heterocycles. The Morgan fingerprint density at radius 3 is 2.91 bits per heavy atom. The van der Waals surface area contributed by atoms with Crippen molar-refractivity contribution >= 4 is 49.8 Å². The van der Waals surface area contributed by atoms with Crippen molar-refractivity contribution in [2.75, 3.05) is 37.1 Å². The Morgan fingerprint density at radius 1 is 1.30 bits per heavy atom. The number of pyridine rings is 1. The third kappa shape index (κ3) is 5.84. The maximum atomic E-state index is 12.7. The van der Waals surface area contributed by atoms with Gasteiger partial charge in [-0.05, 0) is 31.0 Å². The van der Waals surface area contributed by atoms with Gasteiger partial charge in [0.25, 0.3) is 5.91 Å². The summed E-state index contributed by atoms with van der Waals surface area (Å²) in [5, 5.41) is 7.04. The van der Waals surface area contributed by atoms with Crippen molar-refractivity contribution < 1.29 is 18.5 Å². The molecular formula is C22H27N5O4S2. The van der Waals surface area contributed by atoms with Gasteiger partial charge < -0.3 is 20.1 Å². The normalized spacial score (nSPS) is 15.3. The molecule has 1 aliphatic rings. The standard InChI is InChI=1S/C22H27N5O4S2/c1-14-17-19(27-16-5-3-8-24-21(16)31-15-6-10-30-11-7-15)25-13-26-22(17)32-18(14)20(28)23-9-4-12-33(2)29/h3,5,8,13,15H,4,6-7,9-12H2,1-2H3,(H,23,28)(H,25,26,27). The molecule has 0 bridgehead atoms. The van der Waals surface area contributed by atoms with Gasteiger partial charge in [-0.15, -0.1) is 11.3 Å². The number of nitrogens with zero attached hydrogens (tertiary/aromatic N) is 3. The maximum absolute atomic E-state index is 12.7. The summed E-state index contributed by atoms with van der Waals surface area (Å²) in [7, 11) is -0.866. The molecule has 4 rings (SSSR count). The number of anilines is 2. The van der Waals surface area contributed by atoms with E-state index in [1.807, 2.05) is 19.1 Å². The number of aryl methyl sites for hydroxylation is 1. The Balaban J connectivity index is 1.54. The van der Waals surface area contributed by atoms with Gasteiger partial charge in [0.05, 0.1) is 23.5 Å².